The molecular weight excluding hydrogens is 493 g/mol. The van der Waals surface area contributed by atoms with Gasteiger partial charge in [0.15, 0.2) is 11.0 Å². The Hall–Kier alpha value is -1.18. The molecule has 0 aliphatic carbocycles. The van der Waals surface area contributed by atoms with E-state index in [1.807, 2.05) is 32.9 Å². The summed E-state index contributed by atoms with van der Waals surface area (Å²) < 4.78 is 24.9. The largest absolute Gasteiger partial charge is 0.467 e. The molecule has 1 aromatic heterocycles. The molecular formula is C17H18ClFIN2O3P. The van der Waals surface area contributed by atoms with Crippen LogP contribution in [0.15, 0.2) is 30.5 Å². The first kappa shape index (κ1) is 21.1. The molecule has 2 heterocycles. The molecule has 0 bridgehead atoms. The van der Waals surface area contributed by atoms with Crippen molar-refractivity contribution in [3.8, 4) is 11.5 Å². The zero-order valence-electron chi connectivity index (χ0n) is 14.4. The van der Waals surface area contributed by atoms with Crippen LogP contribution in [0.5, 0.6) is 11.5 Å². The van der Waals surface area contributed by atoms with Crippen molar-refractivity contribution in [3.63, 3.8) is 0 Å². The van der Waals surface area contributed by atoms with E-state index in [0.717, 1.165) is 5.56 Å². The van der Waals surface area contributed by atoms with E-state index in [-0.39, 0.29) is 29.8 Å². The topological polar surface area (TPSA) is 51.7 Å². The first-order valence-corrected chi connectivity index (χ1v) is 12.3. The van der Waals surface area contributed by atoms with Crippen LogP contribution in [0.3, 0.4) is 0 Å². The van der Waals surface area contributed by atoms with E-state index in [1.165, 1.54) is 17.2 Å². The predicted octanol–water partition coefficient (Wildman–Crippen LogP) is 6.30. The van der Waals surface area contributed by atoms with E-state index in [0.29, 0.717) is 11.5 Å². The average Bonchev–Trinajstić information content (AvgIpc) is 2.64. The number of carbonyl (C=O) groups is 1. The number of aromatic nitrogens is 1. The van der Waals surface area contributed by atoms with Crippen LogP contribution in [-0.4, -0.2) is 16.0 Å². The molecule has 3 rings (SSSR count). The minimum atomic E-state index is -0.628. The molecule has 0 radical (unpaired) electrons. The Morgan fingerprint density at radius 1 is 1.42 bits per heavy atom. The van der Waals surface area contributed by atoms with Gasteiger partial charge in [0.2, 0.25) is 0 Å². The highest BCUT2D eigenvalue weighted by Crippen LogP contribution is 2.39. The SMILES string of the molecule is CC.CC1c2ccc(OPI)cc2OC(=O)N1Cc1ccnc(Cl)c1F. The molecule has 140 valence electrons. The molecule has 0 fully saturated rings. The zero-order chi connectivity index (χ0) is 19.3. The summed E-state index contributed by atoms with van der Waals surface area (Å²) in [7, 11) is 0. The smallest absolute Gasteiger partial charge is 0.416 e. The second-order valence-electron chi connectivity index (χ2n) is 5.13. The van der Waals surface area contributed by atoms with Crippen molar-refractivity contribution < 1.29 is 18.4 Å². The molecule has 0 saturated heterocycles. The second kappa shape index (κ2) is 9.67. The molecule has 2 aromatic rings. The lowest BCUT2D eigenvalue weighted by Gasteiger charge is -2.34. The van der Waals surface area contributed by atoms with E-state index in [9.17, 15) is 9.18 Å². The van der Waals surface area contributed by atoms with E-state index < -0.39 is 11.9 Å². The second-order valence-corrected chi connectivity index (χ2v) is 7.16. The third-order valence-electron chi connectivity index (χ3n) is 3.76. The van der Waals surface area contributed by atoms with Crippen molar-refractivity contribution in [2.75, 3.05) is 0 Å². The lowest BCUT2D eigenvalue weighted by molar-refractivity contribution is 0.116. The van der Waals surface area contributed by atoms with Crippen molar-refractivity contribution >= 4 is 46.2 Å². The first-order chi connectivity index (χ1) is 12.5. The first-order valence-electron chi connectivity index (χ1n) is 7.95. The van der Waals surface area contributed by atoms with Gasteiger partial charge in [0.05, 0.1) is 12.6 Å². The Morgan fingerprint density at radius 3 is 2.85 bits per heavy atom. The fourth-order valence-electron chi connectivity index (χ4n) is 2.50. The molecule has 5 nitrogen and oxygen atoms in total. The van der Waals surface area contributed by atoms with Gasteiger partial charge in [0.1, 0.15) is 17.9 Å². The maximum absolute atomic E-state index is 14.1. The number of carbonyl (C=O) groups excluding carboxylic acids is 1. The molecule has 0 spiro atoms. The normalized spacial score (nSPS) is 16.0. The number of ether oxygens (including phenoxy) is 1. The van der Waals surface area contributed by atoms with E-state index >= 15 is 0 Å². The van der Waals surface area contributed by atoms with Gasteiger partial charge in [-0.25, -0.2) is 14.2 Å². The van der Waals surface area contributed by atoms with Gasteiger partial charge in [0, 0.05) is 23.4 Å². The third-order valence-corrected chi connectivity index (χ3v) is 5.00. The van der Waals surface area contributed by atoms with E-state index in [2.05, 4.69) is 27.0 Å². The molecule has 1 aromatic carbocycles. The molecule has 1 aliphatic heterocycles. The molecule has 0 saturated carbocycles. The number of fused-ring (bicyclic) bond motifs is 1. The van der Waals surface area contributed by atoms with Gasteiger partial charge < -0.3 is 9.26 Å². The number of pyridine rings is 1. The molecule has 1 amide bonds. The van der Waals surface area contributed by atoms with Crippen LogP contribution in [0, 0.1) is 5.82 Å². The average molecular weight is 511 g/mol. The molecule has 26 heavy (non-hydrogen) atoms. The van der Waals surface area contributed by atoms with Crippen molar-refractivity contribution in [3.05, 3.63) is 52.6 Å². The minimum absolute atomic E-state index is 0.0426. The maximum Gasteiger partial charge on any atom is 0.416 e. The van der Waals surface area contributed by atoms with Crippen molar-refractivity contribution in [1.82, 2.24) is 9.88 Å². The highest BCUT2D eigenvalue weighted by Gasteiger charge is 2.32. The Labute approximate surface area is 171 Å². The predicted molar refractivity (Wildman–Crippen MR) is 110 cm³/mol. The lowest BCUT2D eigenvalue weighted by atomic mass is 10.0. The van der Waals surface area contributed by atoms with Gasteiger partial charge in [-0.15, -0.1) is 0 Å². The van der Waals surface area contributed by atoms with Gasteiger partial charge in [-0.05, 0) is 47.2 Å². The monoisotopic (exact) mass is 510 g/mol. The number of amides is 1. The Balaban J connectivity index is 0.00000117. The summed E-state index contributed by atoms with van der Waals surface area (Å²) >= 11 is 7.81. The summed E-state index contributed by atoms with van der Waals surface area (Å²) in [5.74, 6) is 0.475. The van der Waals surface area contributed by atoms with Crippen molar-refractivity contribution in [2.24, 2.45) is 0 Å². The van der Waals surface area contributed by atoms with E-state index in [4.69, 9.17) is 20.9 Å². The van der Waals surface area contributed by atoms with Gasteiger partial charge in [-0.1, -0.05) is 25.4 Å². The van der Waals surface area contributed by atoms with Crippen LogP contribution in [0.25, 0.3) is 0 Å². The standard InChI is InChI=1S/C15H12ClFIN2O3P.C2H6/c1-8-11-3-2-10(23-24-18)6-12(11)22-15(21)20(8)7-9-4-5-19-14(16)13(9)17;1-2/h2-6,8,24H,7H2,1H3;1-2H3. The summed E-state index contributed by atoms with van der Waals surface area (Å²) in [4.78, 5) is 17.4. The summed E-state index contributed by atoms with van der Waals surface area (Å²) in [5.41, 5.74) is 1.12. The van der Waals surface area contributed by atoms with Crippen LogP contribution in [-0.2, 0) is 6.54 Å². The van der Waals surface area contributed by atoms with Crippen LogP contribution in [0.4, 0.5) is 9.18 Å². The van der Waals surface area contributed by atoms with Crippen LogP contribution in [0.2, 0.25) is 5.15 Å². The van der Waals surface area contributed by atoms with Gasteiger partial charge in [-0.2, -0.15) is 0 Å². The summed E-state index contributed by atoms with van der Waals surface area (Å²) in [6.07, 6.45) is 0.861. The Bertz CT molecular complexity index is 797. The summed E-state index contributed by atoms with van der Waals surface area (Å²) in [5, 5.41) is -0.215. The zero-order valence-corrected chi connectivity index (χ0v) is 18.3. The number of hydrogen-bond acceptors (Lipinski definition) is 4. The van der Waals surface area contributed by atoms with Gasteiger partial charge in [-0.3, -0.25) is 4.90 Å². The van der Waals surface area contributed by atoms with Crippen LogP contribution in [0.1, 0.15) is 37.9 Å². The molecule has 9 heteroatoms. The lowest BCUT2D eigenvalue weighted by Crippen LogP contribution is -2.39. The molecule has 2 atom stereocenters. The van der Waals surface area contributed by atoms with Crippen molar-refractivity contribution in [2.45, 2.75) is 33.4 Å². The Kier molecular flexibility index (Phi) is 7.85. The Morgan fingerprint density at radius 2 is 2.15 bits per heavy atom. The summed E-state index contributed by atoms with van der Waals surface area (Å²) in [6, 6.07) is 6.58. The number of nitrogens with zero attached hydrogens (tertiary/aromatic N) is 2. The quantitative estimate of drug-likeness (QED) is 0.275. The molecule has 2 unspecified atom stereocenters. The fourth-order valence-corrected chi connectivity index (χ4v) is 3.65. The maximum atomic E-state index is 14.1. The number of rotatable bonds is 4. The molecule has 1 aliphatic rings. The molecule has 0 N–H and O–H groups in total. The van der Waals surface area contributed by atoms with Crippen LogP contribution >= 0.6 is 40.1 Å². The highest BCUT2D eigenvalue weighted by atomic mass is 127. The number of benzene rings is 1. The van der Waals surface area contributed by atoms with E-state index in [1.54, 1.807) is 6.07 Å². The van der Waals surface area contributed by atoms with Crippen LogP contribution < -0.4 is 9.26 Å². The third kappa shape index (κ3) is 4.56. The van der Waals surface area contributed by atoms with Crippen molar-refractivity contribution in [1.29, 1.82) is 0 Å². The number of hydrogen-bond donors (Lipinski definition) is 0. The summed E-state index contributed by atoms with van der Waals surface area (Å²) in [6.45, 7) is 6.17. The van der Waals surface area contributed by atoms with Gasteiger partial charge >= 0.3 is 6.09 Å². The minimum Gasteiger partial charge on any atom is -0.467 e. The fraction of sp³-hybridized carbons (Fsp3) is 0.294. The highest BCUT2D eigenvalue weighted by molar-refractivity contribution is 14.2. The number of halogens is 3. The van der Waals surface area contributed by atoms with Gasteiger partial charge in [0.25, 0.3) is 0 Å².